The number of alkyl halides is 1. The Labute approximate surface area is 133 Å². The second-order valence-corrected chi connectivity index (χ2v) is 6.08. The molecule has 1 aromatic heterocycles. The number of para-hydroxylation sites is 1. The summed E-state index contributed by atoms with van der Waals surface area (Å²) in [6.07, 6.45) is 2.73. The minimum absolute atomic E-state index is 0.163. The molecule has 1 amide bonds. The number of aryl methyl sites for hydroxylation is 1. The molecule has 1 aliphatic carbocycles. The van der Waals surface area contributed by atoms with Gasteiger partial charge in [0.25, 0.3) is 0 Å². The lowest BCUT2D eigenvalue weighted by molar-refractivity contribution is -0.122. The second-order valence-electron chi connectivity index (χ2n) is 5.29. The number of nitrogens with zero attached hydrogens (tertiary/aromatic N) is 2. The molecule has 1 N–H and O–H groups in total. The van der Waals surface area contributed by atoms with Crippen LogP contribution >= 0.6 is 23.2 Å². The Bertz CT molecular complexity index is 664. The van der Waals surface area contributed by atoms with E-state index in [1.807, 2.05) is 18.2 Å². The first-order chi connectivity index (χ1) is 10.2. The second kappa shape index (κ2) is 6.24. The molecule has 1 aromatic carbocycles. The number of carbonyl (C=O) groups is 1. The van der Waals surface area contributed by atoms with Gasteiger partial charge in [-0.25, -0.2) is 4.98 Å². The average molecular weight is 326 g/mol. The zero-order valence-corrected chi connectivity index (χ0v) is 13.1. The molecule has 112 valence electrons. The van der Waals surface area contributed by atoms with Crippen molar-refractivity contribution in [3.05, 3.63) is 29.0 Å². The van der Waals surface area contributed by atoms with Crippen molar-refractivity contribution >= 4 is 40.1 Å². The molecular formula is C15H17Cl2N3O. The van der Waals surface area contributed by atoms with Crippen LogP contribution in [0.25, 0.3) is 11.0 Å². The van der Waals surface area contributed by atoms with Crippen molar-refractivity contribution in [2.45, 2.75) is 25.8 Å². The first kappa shape index (κ1) is 14.7. The summed E-state index contributed by atoms with van der Waals surface area (Å²) in [5, 5.41) is 3.62. The highest BCUT2D eigenvalue weighted by Crippen LogP contribution is 2.28. The summed E-state index contributed by atoms with van der Waals surface area (Å²) < 4.78 is 2.09. The van der Waals surface area contributed by atoms with Gasteiger partial charge < -0.3 is 9.88 Å². The van der Waals surface area contributed by atoms with Crippen LogP contribution in [0.2, 0.25) is 5.02 Å². The topological polar surface area (TPSA) is 46.9 Å². The van der Waals surface area contributed by atoms with E-state index in [0.29, 0.717) is 30.4 Å². The van der Waals surface area contributed by atoms with Gasteiger partial charge in [0.2, 0.25) is 5.91 Å². The van der Waals surface area contributed by atoms with Gasteiger partial charge in [-0.3, -0.25) is 4.79 Å². The number of hydrogen-bond donors (Lipinski definition) is 1. The number of amides is 1. The first-order valence-corrected chi connectivity index (χ1v) is 8.09. The van der Waals surface area contributed by atoms with Crippen LogP contribution < -0.4 is 5.32 Å². The minimum atomic E-state index is 0.163. The summed E-state index contributed by atoms with van der Waals surface area (Å²) in [6.45, 7) is 1.28. The molecule has 1 saturated carbocycles. The van der Waals surface area contributed by atoms with Gasteiger partial charge in [0.05, 0.1) is 10.5 Å². The van der Waals surface area contributed by atoms with Crippen molar-refractivity contribution in [3.63, 3.8) is 0 Å². The Morgan fingerprint density at radius 1 is 1.43 bits per heavy atom. The van der Waals surface area contributed by atoms with Crippen LogP contribution in [0, 0.1) is 5.92 Å². The van der Waals surface area contributed by atoms with E-state index in [-0.39, 0.29) is 11.8 Å². The molecule has 0 atom stereocenters. The van der Waals surface area contributed by atoms with Crippen molar-refractivity contribution < 1.29 is 4.79 Å². The highest BCUT2D eigenvalue weighted by Gasteiger charge is 2.29. The number of carbonyl (C=O) groups excluding carboxylic acids is 1. The summed E-state index contributed by atoms with van der Waals surface area (Å²) in [6, 6.07) is 5.74. The predicted octanol–water partition coefficient (Wildman–Crippen LogP) is 3.00. The summed E-state index contributed by atoms with van der Waals surface area (Å²) in [5.41, 5.74) is 1.79. The lowest BCUT2D eigenvalue weighted by Crippen LogP contribution is -2.28. The quantitative estimate of drug-likeness (QED) is 0.830. The van der Waals surface area contributed by atoms with Crippen LogP contribution in [-0.2, 0) is 17.8 Å². The fraction of sp³-hybridized carbons (Fsp3) is 0.467. The lowest BCUT2D eigenvalue weighted by atomic mass is 10.3. The van der Waals surface area contributed by atoms with Crippen molar-refractivity contribution in [1.82, 2.24) is 14.9 Å². The maximum Gasteiger partial charge on any atom is 0.223 e. The normalized spacial score (nSPS) is 14.6. The molecule has 2 aromatic rings. The monoisotopic (exact) mass is 325 g/mol. The van der Waals surface area contributed by atoms with E-state index in [1.165, 1.54) is 0 Å². The standard InChI is InChI=1S/C15H17Cl2N3O/c16-7-6-13-19-14-11(17)2-1-3-12(14)20(13)9-8-18-15(21)10-4-5-10/h1-3,10H,4-9H2,(H,18,21). The van der Waals surface area contributed by atoms with E-state index < -0.39 is 0 Å². The van der Waals surface area contributed by atoms with E-state index in [0.717, 1.165) is 29.7 Å². The molecule has 0 saturated heterocycles. The molecule has 0 radical (unpaired) electrons. The van der Waals surface area contributed by atoms with Crippen LogP contribution in [0.1, 0.15) is 18.7 Å². The smallest absolute Gasteiger partial charge is 0.223 e. The number of hydrogen-bond acceptors (Lipinski definition) is 2. The highest BCUT2D eigenvalue weighted by atomic mass is 35.5. The van der Waals surface area contributed by atoms with E-state index in [4.69, 9.17) is 23.2 Å². The van der Waals surface area contributed by atoms with E-state index in [2.05, 4.69) is 14.9 Å². The summed E-state index contributed by atoms with van der Waals surface area (Å²) >= 11 is 12.1. The third kappa shape index (κ3) is 3.16. The van der Waals surface area contributed by atoms with Crippen molar-refractivity contribution in [1.29, 1.82) is 0 Å². The molecule has 0 bridgehead atoms. The molecule has 1 aliphatic rings. The molecule has 1 fully saturated rings. The Morgan fingerprint density at radius 2 is 2.24 bits per heavy atom. The molecule has 0 aliphatic heterocycles. The zero-order chi connectivity index (χ0) is 14.8. The Kier molecular flexibility index (Phi) is 4.36. The van der Waals surface area contributed by atoms with E-state index in [1.54, 1.807) is 0 Å². The molecule has 3 rings (SSSR count). The largest absolute Gasteiger partial charge is 0.354 e. The van der Waals surface area contributed by atoms with Crippen molar-refractivity contribution in [2.75, 3.05) is 12.4 Å². The molecule has 21 heavy (non-hydrogen) atoms. The van der Waals surface area contributed by atoms with Gasteiger partial charge in [-0.2, -0.15) is 0 Å². The molecule has 6 heteroatoms. The highest BCUT2D eigenvalue weighted by molar-refractivity contribution is 6.34. The Balaban J connectivity index is 1.79. The third-order valence-electron chi connectivity index (χ3n) is 3.71. The van der Waals surface area contributed by atoms with Gasteiger partial charge in [0.1, 0.15) is 11.3 Å². The van der Waals surface area contributed by atoms with Crippen LogP contribution in [0.3, 0.4) is 0 Å². The number of nitrogens with one attached hydrogen (secondary N) is 1. The summed E-state index contributed by atoms with van der Waals surface area (Å²) in [4.78, 5) is 16.3. The Morgan fingerprint density at radius 3 is 2.95 bits per heavy atom. The molecule has 0 spiro atoms. The van der Waals surface area contributed by atoms with Crippen molar-refractivity contribution in [2.24, 2.45) is 5.92 Å². The van der Waals surface area contributed by atoms with Crippen molar-refractivity contribution in [3.8, 4) is 0 Å². The summed E-state index contributed by atoms with van der Waals surface area (Å²) in [7, 11) is 0. The molecule has 4 nitrogen and oxygen atoms in total. The van der Waals surface area contributed by atoms with Gasteiger partial charge in [-0.15, -0.1) is 11.6 Å². The SMILES string of the molecule is O=C(NCCn1c(CCCl)nc2c(Cl)cccc21)C1CC1. The fourth-order valence-electron chi connectivity index (χ4n) is 2.47. The number of fused-ring (bicyclic) bond motifs is 1. The average Bonchev–Trinajstić information content (AvgIpc) is 3.25. The van der Waals surface area contributed by atoms with Gasteiger partial charge in [-0.1, -0.05) is 17.7 Å². The summed E-state index contributed by atoms with van der Waals surface area (Å²) in [5.74, 6) is 1.82. The number of imidazole rings is 1. The van der Waals surface area contributed by atoms with Gasteiger partial charge >= 0.3 is 0 Å². The van der Waals surface area contributed by atoms with Crippen LogP contribution in [0.15, 0.2) is 18.2 Å². The van der Waals surface area contributed by atoms with Gasteiger partial charge in [-0.05, 0) is 25.0 Å². The van der Waals surface area contributed by atoms with E-state index >= 15 is 0 Å². The fourth-order valence-corrected chi connectivity index (χ4v) is 2.85. The molecular weight excluding hydrogens is 309 g/mol. The minimum Gasteiger partial charge on any atom is -0.354 e. The molecule has 0 unspecified atom stereocenters. The van der Waals surface area contributed by atoms with Crippen LogP contribution in [0.4, 0.5) is 0 Å². The van der Waals surface area contributed by atoms with Gasteiger partial charge in [0, 0.05) is 31.3 Å². The Hall–Kier alpha value is -1.26. The number of halogens is 2. The maximum atomic E-state index is 11.7. The van der Waals surface area contributed by atoms with Gasteiger partial charge in [0.15, 0.2) is 0 Å². The zero-order valence-electron chi connectivity index (χ0n) is 11.6. The number of benzene rings is 1. The number of rotatable bonds is 6. The van der Waals surface area contributed by atoms with E-state index in [9.17, 15) is 4.79 Å². The predicted molar refractivity (Wildman–Crippen MR) is 84.9 cm³/mol. The van der Waals surface area contributed by atoms with Crippen LogP contribution in [-0.4, -0.2) is 27.9 Å². The first-order valence-electron chi connectivity index (χ1n) is 7.18. The molecule has 1 heterocycles. The third-order valence-corrected chi connectivity index (χ3v) is 4.20. The lowest BCUT2D eigenvalue weighted by Gasteiger charge is -2.09. The number of aromatic nitrogens is 2. The maximum absolute atomic E-state index is 11.7. The van der Waals surface area contributed by atoms with Crippen LogP contribution in [0.5, 0.6) is 0 Å².